The molecular weight excluding hydrogens is 402 g/mol. The molecule has 0 amide bonds. The molecule has 3 rings (SSSR count). The van der Waals surface area contributed by atoms with Gasteiger partial charge in [0.05, 0.1) is 0 Å². The smallest absolute Gasteiger partial charge is 0.350 e. The van der Waals surface area contributed by atoms with Crippen LogP contribution < -0.4 is 4.74 Å². The van der Waals surface area contributed by atoms with Crippen LogP contribution in [-0.2, 0) is 20.8 Å². The molecule has 0 saturated carbocycles. The molecule has 2 heterocycles. The quantitative estimate of drug-likeness (QED) is 0.310. The average molecular weight is 428 g/mol. The fourth-order valence-electron chi connectivity index (χ4n) is 3.60. The van der Waals surface area contributed by atoms with E-state index in [9.17, 15) is 14.9 Å². The maximum atomic E-state index is 13.0. The third kappa shape index (κ3) is 3.91. The molecule has 0 radical (unpaired) electrons. The lowest BCUT2D eigenvalue weighted by Gasteiger charge is -2.38. The molecule has 2 aliphatic heterocycles. The topological polar surface area (TPSA) is 87.9 Å². The van der Waals surface area contributed by atoms with Crippen LogP contribution in [0.4, 0.5) is 0 Å². The minimum absolute atomic E-state index is 0.390. The standard InChI is InChI=1S/C19H25NO6S2/c1-10-11(2)13(4)17-14(12(10)3)6-7-19(5,25-17)18(21)24-15-8-27-28-9-16(15)26-20(22)23/h15-16H,6-9H2,1-5H3. The van der Waals surface area contributed by atoms with Gasteiger partial charge >= 0.3 is 5.97 Å². The van der Waals surface area contributed by atoms with E-state index in [2.05, 4.69) is 20.8 Å². The summed E-state index contributed by atoms with van der Waals surface area (Å²) in [5.74, 6) is 1.10. The molecule has 28 heavy (non-hydrogen) atoms. The lowest BCUT2D eigenvalue weighted by molar-refractivity contribution is -0.769. The van der Waals surface area contributed by atoms with Crippen molar-refractivity contribution in [2.24, 2.45) is 0 Å². The Kier molecular flexibility index (Phi) is 6.05. The van der Waals surface area contributed by atoms with E-state index in [1.807, 2.05) is 6.92 Å². The molecule has 3 unspecified atom stereocenters. The highest BCUT2D eigenvalue weighted by molar-refractivity contribution is 8.76. The highest BCUT2D eigenvalue weighted by atomic mass is 33.1. The van der Waals surface area contributed by atoms with Gasteiger partial charge in [-0.25, -0.2) is 4.79 Å². The van der Waals surface area contributed by atoms with Gasteiger partial charge in [-0.1, -0.05) is 21.6 Å². The molecule has 2 aliphatic rings. The van der Waals surface area contributed by atoms with E-state index < -0.39 is 28.9 Å². The first-order chi connectivity index (χ1) is 13.1. The number of fused-ring (bicyclic) bond motifs is 1. The van der Waals surface area contributed by atoms with Crippen molar-refractivity contribution >= 4 is 27.6 Å². The summed E-state index contributed by atoms with van der Waals surface area (Å²) >= 11 is 0. The maximum absolute atomic E-state index is 13.0. The third-order valence-corrected chi connectivity index (χ3v) is 8.22. The first kappa shape index (κ1) is 21.1. The van der Waals surface area contributed by atoms with Crippen LogP contribution in [0.2, 0.25) is 0 Å². The number of ether oxygens (including phenoxy) is 2. The summed E-state index contributed by atoms with van der Waals surface area (Å²) in [4.78, 5) is 28.4. The van der Waals surface area contributed by atoms with Crippen molar-refractivity contribution in [2.75, 3.05) is 11.5 Å². The molecule has 0 spiro atoms. The molecule has 3 atom stereocenters. The lowest BCUT2D eigenvalue weighted by Crippen LogP contribution is -2.50. The lowest BCUT2D eigenvalue weighted by atomic mass is 9.85. The van der Waals surface area contributed by atoms with E-state index in [0.717, 1.165) is 28.9 Å². The van der Waals surface area contributed by atoms with Gasteiger partial charge in [0.15, 0.2) is 6.10 Å². The van der Waals surface area contributed by atoms with Gasteiger partial charge in [0.2, 0.25) is 5.60 Å². The molecule has 1 aromatic carbocycles. The van der Waals surface area contributed by atoms with Crippen molar-refractivity contribution < 1.29 is 24.2 Å². The largest absolute Gasteiger partial charge is 0.475 e. The summed E-state index contributed by atoms with van der Waals surface area (Å²) in [6.45, 7) is 9.99. The number of carbonyl (C=O) groups is 1. The fraction of sp³-hybridized carbons (Fsp3) is 0.632. The molecule has 7 nitrogen and oxygen atoms in total. The van der Waals surface area contributed by atoms with E-state index >= 15 is 0 Å². The summed E-state index contributed by atoms with van der Waals surface area (Å²) < 4.78 is 11.9. The second-order valence-corrected chi connectivity index (χ2v) is 10.1. The van der Waals surface area contributed by atoms with Crippen LogP contribution in [0.25, 0.3) is 0 Å². The normalized spacial score (nSPS) is 26.8. The third-order valence-electron chi connectivity index (χ3n) is 5.81. The van der Waals surface area contributed by atoms with Crippen molar-refractivity contribution in [3.05, 3.63) is 37.9 Å². The van der Waals surface area contributed by atoms with Crippen LogP contribution in [0.1, 0.15) is 41.2 Å². The van der Waals surface area contributed by atoms with Gasteiger partial charge in [-0.15, -0.1) is 10.1 Å². The summed E-state index contributed by atoms with van der Waals surface area (Å²) in [6, 6.07) is 0. The van der Waals surface area contributed by atoms with Gasteiger partial charge < -0.3 is 14.3 Å². The Bertz CT molecular complexity index is 814. The van der Waals surface area contributed by atoms with Crippen molar-refractivity contribution in [1.82, 2.24) is 0 Å². The van der Waals surface area contributed by atoms with Gasteiger partial charge in [-0.3, -0.25) is 0 Å². The molecule has 0 aliphatic carbocycles. The Hall–Kier alpha value is -1.61. The molecule has 1 fully saturated rings. The van der Waals surface area contributed by atoms with Crippen molar-refractivity contribution in [1.29, 1.82) is 0 Å². The minimum Gasteiger partial charge on any atom is -0.475 e. The fourth-order valence-corrected chi connectivity index (χ4v) is 6.01. The van der Waals surface area contributed by atoms with E-state index in [1.165, 1.54) is 32.7 Å². The van der Waals surface area contributed by atoms with Crippen LogP contribution in [0, 0.1) is 37.8 Å². The number of esters is 1. The Morgan fingerprint density at radius 1 is 1.11 bits per heavy atom. The van der Waals surface area contributed by atoms with Crippen LogP contribution in [0.3, 0.4) is 0 Å². The molecule has 0 aromatic heterocycles. The summed E-state index contributed by atoms with van der Waals surface area (Å²) in [6.07, 6.45) is -0.220. The van der Waals surface area contributed by atoms with Gasteiger partial charge in [0, 0.05) is 17.9 Å². The monoisotopic (exact) mass is 427 g/mol. The maximum Gasteiger partial charge on any atom is 0.350 e. The summed E-state index contributed by atoms with van der Waals surface area (Å²) in [5, 5.41) is 9.91. The van der Waals surface area contributed by atoms with E-state index in [1.54, 1.807) is 6.92 Å². The molecule has 9 heteroatoms. The predicted molar refractivity (Wildman–Crippen MR) is 109 cm³/mol. The Balaban J connectivity index is 1.80. The second kappa shape index (κ2) is 8.02. The minimum atomic E-state index is -1.12. The number of carbonyl (C=O) groups excluding carboxylic acids is 1. The first-order valence-electron chi connectivity index (χ1n) is 9.19. The van der Waals surface area contributed by atoms with E-state index in [-0.39, 0.29) is 0 Å². The van der Waals surface area contributed by atoms with Crippen molar-refractivity contribution in [2.45, 2.75) is 65.3 Å². The van der Waals surface area contributed by atoms with Crippen molar-refractivity contribution in [3.8, 4) is 5.75 Å². The molecule has 1 saturated heterocycles. The van der Waals surface area contributed by atoms with Gasteiger partial charge in [-0.2, -0.15) is 0 Å². The van der Waals surface area contributed by atoms with Crippen LogP contribution >= 0.6 is 21.6 Å². The van der Waals surface area contributed by atoms with Gasteiger partial charge in [-0.05, 0) is 68.9 Å². The highest BCUT2D eigenvalue weighted by Gasteiger charge is 2.44. The zero-order valence-electron chi connectivity index (χ0n) is 16.7. The number of benzene rings is 1. The van der Waals surface area contributed by atoms with Gasteiger partial charge in [0.1, 0.15) is 11.9 Å². The zero-order chi connectivity index (χ0) is 20.6. The molecular formula is C19H25NO6S2. The van der Waals surface area contributed by atoms with Crippen LogP contribution in [-0.4, -0.2) is 40.4 Å². The zero-order valence-corrected chi connectivity index (χ0v) is 18.3. The Morgan fingerprint density at radius 2 is 1.71 bits per heavy atom. The van der Waals surface area contributed by atoms with Crippen molar-refractivity contribution in [3.63, 3.8) is 0 Å². The van der Waals surface area contributed by atoms with Crippen LogP contribution in [0.5, 0.6) is 5.75 Å². The summed E-state index contributed by atoms with van der Waals surface area (Å²) in [5.41, 5.74) is 4.67. The Labute approximate surface area is 172 Å². The summed E-state index contributed by atoms with van der Waals surface area (Å²) in [7, 11) is 2.99. The van der Waals surface area contributed by atoms with E-state index in [4.69, 9.17) is 14.3 Å². The number of hydrogen-bond acceptors (Lipinski definition) is 8. The number of nitrogens with zero attached hydrogens (tertiary/aromatic N) is 1. The second-order valence-electron chi connectivity index (χ2n) is 7.52. The predicted octanol–water partition coefficient (Wildman–Crippen LogP) is 3.89. The van der Waals surface area contributed by atoms with Crippen LogP contribution in [0.15, 0.2) is 0 Å². The average Bonchev–Trinajstić information content (AvgIpc) is 2.65. The molecule has 0 bridgehead atoms. The Morgan fingerprint density at radius 3 is 2.36 bits per heavy atom. The molecule has 1 aromatic rings. The van der Waals surface area contributed by atoms with E-state index in [0.29, 0.717) is 17.9 Å². The molecule has 154 valence electrons. The number of rotatable bonds is 4. The SMILES string of the molecule is Cc1c(C)c(C)c2c(c1C)CCC(C)(C(=O)OC1CSSCC1O[N+](=O)[O-])O2. The first-order valence-corrected chi connectivity index (χ1v) is 11.7. The molecule has 0 N–H and O–H groups in total. The van der Waals surface area contributed by atoms with Gasteiger partial charge in [0.25, 0.3) is 5.09 Å². The number of hydrogen-bond donors (Lipinski definition) is 0. The highest BCUT2D eigenvalue weighted by Crippen LogP contribution is 2.42.